The third kappa shape index (κ3) is 2.54. The zero-order valence-corrected chi connectivity index (χ0v) is 10.1. The van der Waals surface area contributed by atoms with Crippen molar-refractivity contribution in [2.45, 2.75) is 13.0 Å². The van der Waals surface area contributed by atoms with Gasteiger partial charge in [0, 0.05) is 18.4 Å². The number of amides is 1. The molecule has 1 heterocycles. The topological polar surface area (TPSA) is 20.3 Å². The lowest BCUT2D eigenvalue weighted by atomic mass is 10.3. The maximum absolute atomic E-state index is 11.7. The monoisotopic (exact) mass is 261 g/mol. The lowest BCUT2D eigenvalue weighted by Gasteiger charge is -2.22. The van der Waals surface area contributed by atoms with Crippen molar-refractivity contribution >= 4 is 33.2 Å². The van der Waals surface area contributed by atoms with Crippen LogP contribution in [-0.4, -0.2) is 29.2 Å². The number of nitrogens with zero attached hydrogens (tertiary/aromatic N) is 1. The number of thiophene rings is 1. The van der Waals surface area contributed by atoms with Crippen molar-refractivity contribution < 1.29 is 4.79 Å². The molecule has 1 amide bonds. The molecule has 1 aromatic heterocycles. The van der Waals surface area contributed by atoms with Crippen molar-refractivity contribution in [3.8, 4) is 0 Å². The van der Waals surface area contributed by atoms with Crippen LogP contribution in [0.1, 0.15) is 16.6 Å². The van der Waals surface area contributed by atoms with E-state index in [1.165, 1.54) is 11.3 Å². The molecule has 0 aliphatic carbocycles. The van der Waals surface area contributed by atoms with Gasteiger partial charge < -0.3 is 4.90 Å². The largest absolute Gasteiger partial charge is 0.337 e. The van der Waals surface area contributed by atoms with Gasteiger partial charge in [0.15, 0.2) is 0 Å². The SMILES string of the molecule is CC(CBr)N(C)C(=O)c1cccs1. The highest BCUT2D eigenvalue weighted by Gasteiger charge is 2.16. The van der Waals surface area contributed by atoms with Crippen LogP contribution in [0.25, 0.3) is 0 Å². The van der Waals surface area contributed by atoms with Crippen LogP contribution in [0.3, 0.4) is 0 Å². The van der Waals surface area contributed by atoms with Crippen LogP contribution in [0.2, 0.25) is 0 Å². The van der Waals surface area contributed by atoms with Crippen molar-refractivity contribution in [3.05, 3.63) is 22.4 Å². The average Bonchev–Trinajstić information content (AvgIpc) is 2.67. The molecule has 0 aliphatic heterocycles. The molecule has 0 aliphatic rings. The zero-order valence-electron chi connectivity index (χ0n) is 7.66. The fraction of sp³-hybridized carbons (Fsp3) is 0.444. The summed E-state index contributed by atoms with van der Waals surface area (Å²) in [7, 11) is 1.83. The Hall–Kier alpha value is -0.350. The van der Waals surface area contributed by atoms with Crippen molar-refractivity contribution in [2.75, 3.05) is 12.4 Å². The highest BCUT2D eigenvalue weighted by atomic mass is 79.9. The van der Waals surface area contributed by atoms with Crippen LogP contribution in [0.5, 0.6) is 0 Å². The number of hydrogen-bond acceptors (Lipinski definition) is 2. The predicted octanol–water partition coefficient (Wildman–Crippen LogP) is 2.60. The summed E-state index contributed by atoms with van der Waals surface area (Å²) >= 11 is 4.84. The molecule has 1 rings (SSSR count). The molecule has 0 saturated heterocycles. The van der Waals surface area contributed by atoms with Gasteiger partial charge in [-0.1, -0.05) is 22.0 Å². The van der Waals surface area contributed by atoms with E-state index in [-0.39, 0.29) is 11.9 Å². The molecule has 1 aromatic rings. The first-order valence-electron chi connectivity index (χ1n) is 4.03. The first-order chi connectivity index (χ1) is 6.16. The minimum absolute atomic E-state index is 0.0990. The number of rotatable bonds is 3. The van der Waals surface area contributed by atoms with E-state index >= 15 is 0 Å². The summed E-state index contributed by atoms with van der Waals surface area (Å²) in [6.07, 6.45) is 0. The molecular weight excluding hydrogens is 250 g/mol. The van der Waals surface area contributed by atoms with Gasteiger partial charge in [0.05, 0.1) is 4.88 Å². The second-order valence-corrected chi connectivity index (χ2v) is 4.49. The smallest absolute Gasteiger partial charge is 0.263 e. The van der Waals surface area contributed by atoms with Crippen molar-refractivity contribution in [3.63, 3.8) is 0 Å². The molecule has 0 N–H and O–H groups in total. The quantitative estimate of drug-likeness (QED) is 0.767. The minimum Gasteiger partial charge on any atom is -0.337 e. The standard InChI is InChI=1S/C9H12BrNOS/c1-7(6-10)11(2)9(12)8-4-3-5-13-8/h3-5,7H,6H2,1-2H3. The van der Waals surface area contributed by atoms with E-state index in [9.17, 15) is 4.79 Å². The van der Waals surface area contributed by atoms with Crippen LogP contribution in [-0.2, 0) is 0 Å². The normalized spacial score (nSPS) is 12.5. The molecule has 0 aromatic carbocycles. The van der Waals surface area contributed by atoms with E-state index < -0.39 is 0 Å². The lowest BCUT2D eigenvalue weighted by molar-refractivity contribution is 0.0763. The Morgan fingerprint density at radius 3 is 2.92 bits per heavy atom. The van der Waals surface area contributed by atoms with Crippen LogP contribution < -0.4 is 0 Å². The molecule has 0 radical (unpaired) electrons. The summed E-state index contributed by atoms with van der Waals surface area (Å²) in [5.74, 6) is 0.0990. The molecule has 1 unspecified atom stereocenters. The Balaban J connectivity index is 2.68. The highest BCUT2D eigenvalue weighted by molar-refractivity contribution is 9.09. The van der Waals surface area contributed by atoms with E-state index in [0.717, 1.165) is 10.2 Å². The summed E-state index contributed by atoms with van der Waals surface area (Å²) < 4.78 is 0. The second kappa shape index (κ2) is 4.77. The Morgan fingerprint density at radius 2 is 2.46 bits per heavy atom. The first kappa shape index (κ1) is 10.7. The Bertz CT molecular complexity index is 273. The number of carbonyl (C=O) groups is 1. The lowest BCUT2D eigenvalue weighted by Crippen LogP contribution is -2.35. The number of alkyl halides is 1. The Morgan fingerprint density at radius 1 is 1.77 bits per heavy atom. The number of carbonyl (C=O) groups excluding carboxylic acids is 1. The van der Waals surface area contributed by atoms with Gasteiger partial charge in [0.2, 0.25) is 0 Å². The molecule has 2 nitrogen and oxygen atoms in total. The van der Waals surface area contributed by atoms with Gasteiger partial charge in [-0.3, -0.25) is 4.79 Å². The summed E-state index contributed by atoms with van der Waals surface area (Å²) in [4.78, 5) is 14.3. The maximum atomic E-state index is 11.7. The van der Waals surface area contributed by atoms with Crippen molar-refractivity contribution in [1.82, 2.24) is 4.90 Å². The number of hydrogen-bond donors (Lipinski definition) is 0. The second-order valence-electron chi connectivity index (χ2n) is 2.90. The van der Waals surface area contributed by atoms with E-state index in [1.54, 1.807) is 4.90 Å². The van der Waals surface area contributed by atoms with E-state index in [4.69, 9.17) is 0 Å². The van der Waals surface area contributed by atoms with Gasteiger partial charge in [-0.05, 0) is 18.4 Å². The predicted molar refractivity (Wildman–Crippen MR) is 59.7 cm³/mol. The molecule has 72 valence electrons. The third-order valence-corrected chi connectivity index (χ3v) is 3.73. The van der Waals surface area contributed by atoms with Crippen molar-refractivity contribution in [1.29, 1.82) is 0 Å². The Kier molecular flexibility index (Phi) is 3.93. The molecule has 0 saturated carbocycles. The van der Waals surface area contributed by atoms with Crippen LogP contribution in [0.4, 0.5) is 0 Å². The average molecular weight is 262 g/mol. The fourth-order valence-electron chi connectivity index (χ4n) is 0.878. The maximum Gasteiger partial charge on any atom is 0.263 e. The van der Waals surface area contributed by atoms with Crippen molar-refractivity contribution in [2.24, 2.45) is 0 Å². The molecule has 0 fully saturated rings. The molecule has 4 heteroatoms. The van der Waals surface area contributed by atoms with Crippen LogP contribution in [0.15, 0.2) is 17.5 Å². The summed E-state index contributed by atoms with van der Waals surface area (Å²) in [6.45, 7) is 2.01. The summed E-state index contributed by atoms with van der Waals surface area (Å²) in [6, 6.07) is 3.98. The van der Waals surface area contributed by atoms with Crippen LogP contribution >= 0.6 is 27.3 Å². The van der Waals surface area contributed by atoms with Gasteiger partial charge >= 0.3 is 0 Å². The molecular formula is C9H12BrNOS. The fourth-order valence-corrected chi connectivity index (χ4v) is 2.02. The van der Waals surface area contributed by atoms with E-state index in [2.05, 4.69) is 15.9 Å². The first-order valence-corrected chi connectivity index (χ1v) is 6.03. The Labute approximate surface area is 90.7 Å². The van der Waals surface area contributed by atoms with Gasteiger partial charge in [-0.2, -0.15) is 0 Å². The molecule has 1 atom stereocenters. The van der Waals surface area contributed by atoms with Gasteiger partial charge in [0.25, 0.3) is 5.91 Å². The molecule has 0 bridgehead atoms. The summed E-state index contributed by atoms with van der Waals surface area (Å²) in [5, 5.41) is 2.72. The molecule has 0 spiro atoms. The minimum atomic E-state index is 0.0990. The van der Waals surface area contributed by atoms with Gasteiger partial charge in [-0.15, -0.1) is 11.3 Å². The molecule has 13 heavy (non-hydrogen) atoms. The third-order valence-electron chi connectivity index (χ3n) is 1.94. The number of halogens is 1. The van der Waals surface area contributed by atoms with Gasteiger partial charge in [-0.25, -0.2) is 0 Å². The zero-order chi connectivity index (χ0) is 9.84. The van der Waals surface area contributed by atoms with E-state index in [1.807, 2.05) is 31.5 Å². The van der Waals surface area contributed by atoms with Gasteiger partial charge in [0.1, 0.15) is 0 Å². The van der Waals surface area contributed by atoms with E-state index in [0.29, 0.717) is 0 Å². The van der Waals surface area contributed by atoms with Crippen LogP contribution in [0, 0.1) is 0 Å². The highest BCUT2D eigenvalue weighted by Crippen LogP contribution is 2.13. The summed E-state index contributed by atoms with van der Waals surface area (Å²) in [5.41, 5.74) is 0.